The van der Waals surface area contributed by atoms with E-state index in [1.54, 1.807) is 19.2 Å². The quantitative estimate of drug-likeness (QED) is 0.887. The fourth-order valence-corrected chi connectivity index (χ4v) is 4.18. The Labute approximate surface area is 137 Å². The van der Waals surface area contributed by atoms with Gasteiger partial charge in [-0.05, 0) is 37.1 Å². The van der Waals surface area contributed by atoms with Crippen molar-refractivity contribution in [2.45, 2.75) is 48.9 Å². The lowest BCUT2D eigenvalue weighted by molar-refractivity contribution is -0.186. The topological polar surface area (TPSA) is 73.9 Å². The number of sulfonamides is 1. The summed E-state index contributed by atoms with van der Waals surface area (Å²) in [6, 6.07) is 6.30. The van der Waals surface area contributed by atoms with Gasteiger partial charge in [-0.1, -0.05) is 6.42 Å². The first-order chi connectivity index (χ1) is 11.0. The largest absolute Gasteiger partial charge is 0.497 e. The second-order valence-electron chi connectivity index (χ2n) is 6.05. The van der Waals surface area contributed by atoms with Gasteiger partial charge in [0.05, 0.1) is 24.7 Å². The molecular formula is C16H23NO5S. The summed E-state index contributed by atoms with van der Waals surface area (Å²) < 4.78 is 44.1. The van der Waals surface area contributed by atoms with Crippen molar-refractivity contribution in [1.82, 2.24) is 4.72 Å². The molecule has 1 spiro atoms. The molecule has 1 saturated carbocycles. The van der Waals surface area contributed by atoms with E-state index in [0.717, 1.165) is 25.7 Å². The van der Waals surface area contributed by atoms with Gasteiger partial charge in [-0.15, -0.1) is 0 Å². The van der Waals surface area contributed by atoms with Crippen molar-refractivity contribution in [1.29, 1.82) is 0 Å². The summed E-state index contributed by atoms with van der Waals surface area (Å²) in [5.74, 6) is 0.143. The number of rotatable bonds is 5. The molecule has 0 bridgehead atoms. The minimum absolute atomic E-state index is 0.213. The lowest BCUT2D eigenvalue weighted by Crippen LogP contribution is -2.37. The third-order valence-electron chi connectivity index (χ3n) is 4.40. The minimum Gasteiger partial charge on any atom is -0.497 e. The van der Waals surface area contributed by atoms with Crippen molar-refractivity contribution in [3.8, 4) is 5.75 Å². The highest BCUT2D eigenvalue weighted by molar-refractivity contribution is 7.89. The van der Waals surface area contributed by atoms with Crippen LogP contribution >= 0.6 is 0 Å². The van der Waals surface area contributed by atoms with Crippen LogP contribution < -0.4 is 9.46 Å². The standard InChI is InChI=1S/C16H23NO5S/c1-20-13-5-7-15(8-6-13)23(18,19)17-11-14-12-21-16(22-14)9-3-2-4-10-16/h5-8,14,17H,2-4,9-12H2,1H3. The maximum absolute atomic E-state index is 12.3. The summed E-state index contributed by atoms with van der Waals surface area (Å²) >= 11 is 0. The molecule has 1 aromatic rings. The van der Waals surface area contributed by atoms with E-state index in [1.807, 2.05) is 0 Å². The van der Waals surface area contributed by atoms with Crippen molar-refractivity contribution in [3.63, 3.8) is 0 Å². The molecule has 0 aromatic heterocycles. The second kappa shape index (κ2) is 6.76. The van der Waals surface area contributed by atoms with Gasteiger partial charge in [0.25, 0.3) is 0 Å². The fourth-order valence-electron chi connectivity index (χ4n) is 3.11. The molecule has 1 N–H and O–H groups in total. The average Bonchev–Trinajstić information content (AvgIpc) is 2.96. The molecule has 0 radical (unpaired) electrons. The van der Waals surface area contributed by atoms with Crippen molar-refractivity contribution < 1.29 is 22.6 Å². The molecule has 1 atom stereocenters. The fraction of sp³-hybridized carbons (Fsp3) is 0.625. The zero-order valence-electron chi connectivity index (χ0n) is 13.3. The first kappa shape index (κ1) is 16.7. The third kappa shape index (κ3) is 3.85. The lowest BCUT2D eigenvalue weighted by Gasteiger charge is -2.31. The van der Waals surface area contributed by atoms with Crippen LogP contribution in [0.4, 0.5) is 0 Å². The normalized spacial score (nSPS) is 24.0. The Morgan fingerprint density at radius 3 is 2.57 bits per heavy atom. The number of benzene rings is 1. The number of hydrogen-bond acceptors (Lipinski definition) is 5. The summed E-state index contributed by atoms with van der Waals surface area (Å²) in [6.45, 7) is 0.654. The van der Waals surface area contributed by atoms with Gasteiger partial charge >= 0.3 is 0 Å². The molecule has 7 heteroatoms. The van der Waals surface area contributed by atoms with Crippen LogP contribution in [0.5, 0.6) is 5.75 Å². The Morgan fingerprint density at radius 2 is 1.91 bits per heavy atom. The molecular weight excluding hydrogens is 318 g/mol. The summed E-state index contributed by atoms with van der Waals surface area (Å²) in [7, 11) is -2.01. The molecule has 1 aliphatic carbocycles. The zero-order valence-corrected chi connectivity index (χ0v) is 14.1. The first-order valence-corrected chi connectivity index (χ1v) is 9.47. The number of nitrogens with one attached hydrogen (secondary N) is 1. The maximum Gasteiger partial charge on any atom is 0.240 e. The van der Waals surface area contributed by atoms with Crippen molar-refractivity contribution >= 4 is 10.0 Å². The molecule has 1 heterocycles. The molecule has 1 saturated heterocycles. The van der Waals surface area contributed by atoms with E-state index in [4.69, 9.17) is 14.2 Å². The molecule has 1 aromatic carbocycles. The zero-order chi connectivity index (χ0) is 16.3. The molecule has 3 rings (SSSR count). The van der Waals surface area contributed by atoms with E-state index < -0.39 is 15.8 Å². The number of ether oxygens (including phenoxy) is 3. The highest BCUT2D eigenvalue weighted by Gasteiger charge is 2.42. The SMILES string of the molecule is COc1ccc(S(=O)(=O)NCC2COC3(CCCCC3)O2)cc1. The van der Waals surface area contributed by atoms with Crippen LogP contribution in [0.25, 0.3) is 0 Å². The van der Waals surface area contributed by atoms with Crippen LogP contribution in [-0.2, 0) is 19.5 Å². The molecule has 1 unspecified atom stereocenters. The number of hydrogen-bond donors (Lipinski definition) is 1. The van der Waals surface area contributed by atoms with Crippen LogP contribution in [-0.4, -0.2) is 40.6 Å². The number of methoxy groups -OCH3 is 1. The molecule has 6 nitrogen and oxygen atoms in total. The minimum atomic E-state index is -3.56. The van der Waals surface area contributed by atoms with E-state index >= 15 is 0 Å². The van der Waals surface area contributed by atoms with E-state index in [0.29, 0.717) is 12.4 Å². The Balaban J connectivity index is 1.57. The van der Waals surface area contributed by atoms with Gasteiger partial charge in [-0.2, -0.15) is 0 Å². The van der Waals surface area contributed by atoms with Gasteiger partial charge in [-0.3, -0.25) is 0 Å². The van der Waals surface area contributed by atoms with Gasteiger partial charge in [-0.25, -0.2) is 13.1 Å². The first-order valence-electron chi connectivity index (χ1n) is 7.99. The van der Waals surface area contributed by atoms with Crippen LogP contribution in [0.2, 0.25) is 0 Å². The second-order valence-corrected chi connectivity index (χ2v) is 7.82. The van der Waals surface area contributed by atoms with Crippen LogP contribution in [0, 0.1) is 0 Å². The maximum atomic E-state index is 12.3. The lowest BCUT2D eigenvalue weighted by atomic mass is 9.94. The van der Waals surface area contributed by atoms with Gasteiger partial charge < -0.3 is 14.2 Å². The molecule has 1 aliphatic heterocycles. The molecule has 128 valence electrons. The van der Waals surface area contributed by atoms with E-state index in [-0.39, 0.29) is 17.5 Å². The van der Waals surface area contributed by atoms with Crippen molar-refractivity contribution in [2.24, 2.45) is 0 Å². The van der Waals surface area contributed by atoms with Crippen molar-refractivity contribution in [2.75, 3.05) is 20.3 Å². The summed E-state index contributed by atoms with van der Waals surface area (Å²) in [6.07, 6.45) is 4.97. The summed E-state index contributed by atoms with van der Waals surface area (Å²) in [5, 5.41) is 0. The van der Waals surface area contributed by atoms with Gasteiger partial charge in [0.2, 0.25) is 10.0 Å². The Bertz CT molecular complexity index is 622. The Kier molecular flexibility index (Phi) is 4.91. The van der Waals surface area contributed by atoms with E-state index in [9.17, 15) is 8.42 Å². The van der Waals surface area contributed by atoms with E-state index in [1.165, 1.54) is 18.6 Å². The van der Waals surface area contributed by atoms with Crippen LogP contribution in [0.15, 0.2) is 29.2 Å². The smallest absolute Gasteiger partial charge is 0.240 e. The highest BCUT2D eigenvalue weighted by Crippen LogP contribution is 2.37. The van der Waals surface area contributed by atoms with Crippen LogP contribution in [0.3, 0.4) is 0 Å². The molecule has 2 fully saturated rings. The molecule has 0 amide bonds. The third-order valence-corrected chi connectivity index (χ3v) is 5.84. The predicted octanol–water partition coefficient (Wildman–Crippen LogP) is 2.05. The van der Waals surface area contributed by atoms with E-state index in [2.05, 4.69) is 4.72 Å². The monoisotopic (exact) mass is 341 g/mol. The van der Waals surface area contributed by atoms with Gasteiger partial charge in [0.15, 0.2) is 5.79 Å². The van der Waals surface area contributed by atoms with Gasteiger partial charge in [0, 0.05) is 19.4 Å². The Morgan fingerprint density at radius 1 is 1.22 bits per heavy atom. The molecule has 23 heavy (non-hydrogen) atoms. The predicted molar refractivity (Wildman–Crippen MR) is 84.8 cm³/mol. The van der Waals surface area contributed by atoms with Gasteiger partial charge in [0.1, 0.15) is 5.75 Å². The van der Waals surface area contributed by atoms with Crippen molar-refractivity contribution in [3.05, 3.63) is 24.3 Å². The molecule has 2 aliphatic rings. The van der Waals surface area contributed by atoms with Crippen LogP contribution in [0.1, 0.15) is 32.1 Å². The average molecular weight is 341 g/mol. The summed E-state index contributed by atoms with van der Waals surface area (Å²) in [5.41, 5.74) is 0. The Hall–Kier alpha value is -1.15. The summed E-state index contributed by atoms with van der Waals surface area (Å²) in [4.78, 5) is 0.213. The highest BCUT2D eigenvalue weighted by atomic mass is 32.2.